The second kappa shape index (κ2) is 6.02. The molecule has 0 saturated carbocycles. The molecule has 0 aromatic heterocycles. The molecule has 0 bridgehead atoms. The van der Waals surface area contributed by atoms with E-state index in [9.17, 15) is 9.18 Å². The van der Waals surface area contributed by atoms with Crippen LogP contribution in [0.15, 0.2) is 18.2 Å². The lowest BCUT2D eigenvalue weighted by Gasteiger charge is -2.19. The Labute approximate surface area is 112 Å². The second-order valence-electron chi connectivity index (χ2n) is 4.86. The van der Waals surface area contributed by atoms with Gasteiger partial charge in [-0.25, -0.2) is 4.39 Å². The molecule has 4 nitrogen and oxygen atoms in total. The van der Waals surface area contributed by atoms with Gasteiger partial charge in [-0.05, 0) is 50.6 Å². The van der Waals surface area contributed by atoms with Gasteiger partial charge in [0.2, 0.25) is 0 Å². The summed E-state index contributed by atoms with van der Waals surface area (Å²) in [4.78, 5) is 12.0. The highest BCUT2D eigenvalue weighted by molar-refractivity contribution is 5.94. The highest BCUT2D eigenvalue weighted by atomic mass is 19.1. The molecule has 1 aliphatic rings. The van der Waals surface area contributed by atoms with Crippen LogP contribution < -0.4 is 15.4 Å². The summed E-state index contributed by atoms with van der Waals surface area (Å²) in [6.07, 6.45) is 1.05. The SMILES string of the molecule is COc1ccc(C(=O)NC(C)C2CCNC2)cc1F. The quantitative estimate of drug-likeness (QED) is 0.869. The molecular weight excluding hydrogens is 247 g/mol. The lowest BCUT2D eigenvalue weighted by atomic mass is 10.0. The van der Waals surface area contributed by atoms with Crippen LogP contribution >= 0.6 is 0 Å². The molecule has 19 heavy (non-hydrogen) atoms. The molecule has 2 unspecified atom stereocenters. The van der Waals surface area contributed by atoms with Gasteiger partial charge in [-0.2, -0.15) is 0 Å². The van der Waals surface area contributed by atoms with Crippen molar-refractivity contribution in [3.05, 3.63) is 29.6 Å². The lowest BCUT2D eigenvalue weighted by molar-refractivity contribution is 0.0928. The summed E-state index contributed by atoms with van der Waals surface area (Å²) >= 11 is 0. The fourth-order valence-corrected chi connectivity index (χ4v) is 2.32. The number of hydrogen-bond donors (Lipinski definition) is 2. The van der Waals surface area contributed by atoms with Crippen molar-refractivity contribution in [1.29, 1.82) is 0 Å². The zero-order chi connectivity index (χ0) is 13.8. The first kappa shape index (κ1) is 13.8. The normalized spacial score (nSPS) is 20.1. The first-order valence-corrected chi connectivity index (χ1v) is 6.47. The van der Waals surface area contributed by atoms with Crippen molar-refractivity contribution in [2.45, 2.75) is 19.4 Å². The van der Waals surface area contributed by atoms with Crippen molar-refractivity contribution in [3.63, 3.8) is 0 Å². The molecule has 1 saturated heterocycles. The van der Waals surface area contributed by atoms with Gasteiger partial charge in [0.1, 0.15) is 0 Å². The molecule has 2 atom stereocenters. The summed E-state index contributed by atoms with van der Waals surface area (Å²) in [5, 5.41) is 6.18. The van der Waals surface area contributed by atoms with Crippen LogP contribution in [0.2, 0.25) is 0 Å². The standard InChI is InChI=1S/C14H19FN2O2/c1-9(11-5-6-16-8-11)17-14(18)10-3-4-13(19-2)12(15)7-10/h3-4,7,9,11,16H,5-6,8H2,1-2H3,(H,17,18). The van der Waals surface area contributed by atoms with Crippen molar-refractivity contribution < 1.29 is 13.9 Å². The molecule has 1 aromatic rings. The van der Waals surface area contributed by atoms with Crippen LogP contribution in [0, 0.1) is 11.7 Å². The van der Waals surface area contributed by atoms with E-state index in [0.717, 1.165) is 19.5 Å². The van der Waals surface area contributed by atoms with Gasteiger partial charge in [0, 0.05) is 11.6 Å². The topological polar surface area (TPSA) is 50.4 Å². The number of ether oxygens (including phenoxy) is 1. The van der Waals surface area contributed by atoms with E-state index < -0.39 is 5.82 Å². The Balaban J connectivity index is 2.01. The van der Waals surface area contributed by atoms with Gasteiger partial charge in [0.15, 0.2) is 11.6 Å². The van der Waals surface area contributed by atoms with Crippen LogP contribution in [0.25, 0.3) is 0 Å². The number of methoxy groups -OCH3 is 1. The van der Waals surface area contributed by atoms with Gasteiger partial charge >= 0.3 is 0 Å². The van der Waals surface area contributed by atoms with Crippen molar-refractivity contribution in [1.82, 2.24) is 10.6 Å². The summed E-state index contributed by atoms with van der Waals surface area (Å²) in [5.41, 5.74) is 0.316. The van der Waals surface area contributed by atoms with Gasteiger partial charge in [0.25, 0.3) is 5.91 Å². The number of hydrogen-bond acceptors (Lipinski definition) is 3. The maximum Gasteiger partial charge on any atom is 0.251 e. The molecule has 2 rings (SSSR count). The number of rotatable bonds is 4. The molecule has 1 aromatic carbocycles. The van der Waals surface area contributed by atoms with Crippen LogP contribution in [0.5, 0.6) is 5.75 Å². The minimum Gasteiger partial charge on any atom is -0.494 e. The molecule has 1 amide bonds. The third kappa shape index (κ3) is 3.23. The van der Waals surface area contributed by atoms with E-state index in [-0.39, 0.29) is 17.7 Å². The second-order valence-corrected chi connectivity index (χ2v) is 4.86. The lowest BCUT2D eigenvalue weighted by Crippen LogP contribution is -2.38. The molecule has 1 heterocycles. The van der Waals surface area contributed by atoms with Crippen LogP contribution in [0.4, 0.5) is 4.39 Å². The van der Waals surface area contributed by atoms with E-state index in [1.807, 2.05) is 6.92 Å². The predicted molar refractivity (Wildman–Crippen MR) is 70.9 cm³/mol. The van der Waals surface area contributed by atoms with Crippen molar-refractivity contribution in [3.8, 4) is 5.75 Å². The van der Waals surface area contributed by atoms with Gasteiger partial charge < -0.3 is 15.4 Å². The van der Waals surface area contributed by atoms with Gasteiger partial charge in [-0.1, -0.05) is 0 Å². The van der Waals surface area contributed by atoms with Crippen molar-refractivity contribution in [2.75, 3.05) is 20.2 Å². The van der Waals surface area contributed by atoms with E-state index in [1.54, 1.807) is 6.07 Å². The molecule has 104 valence electrons. The van der Waals surface area contributed by atoms with E-state index in [4.69, 9.17) is 4.74 Å². The monoisotopic (exact) mass is 266 g/mol. The number of amides is 1. The van der Waals surface area contributed by atoms with Crippen molar-refractivity contribution >= 4 is 5.91 Å². The fourth-order valence-electron chi connectivity index (χ4n) is 2.32. The third-order valence-electron chi connectivity index (χ3n) is 3.58. The number of carbonyl (C=O) groups is 1. The average molecular weight is 266 g/mol. The highest BCUT2D eigenvalue weighted by Gasteiger charge is 2.23. The van der Waals surface area contributed by atoms with Crippen LogP contribution in [-0.4, -0.2) is 32.1 Å². The zero-order valence-corrected chi connectivity index (χ0v) is 11.2. The van der Waals surface area contributed by atoms with Crippen molar-refractivity contribution in [2.24, 2.45) is 5.92 Å². The highest BCUT2D eigenvalue weighted by Crippen LogP contribution is 2.18. The Hall–Kier alpha value is -1.62. The first-order valence-electron chi connectivity index (χ1n) is 6.47. The van der Waals surface area contributed by atoms with Crippen LogP contribution in [0.1, 0.15) is 23.7 Å². The molecule has 0 aliphatic carbocycles. The Morgan fingerprint density at radius 1 is 1.58 bits per heavy atom. The first-order chi connectivity index (χ1) is 9.11. The van der Waals surface area contributed by atoms with Crippen LogP contribution in [-0.2, 0) is 0 Å². The van der Waals surface area contributed by atoms with E-state index >= 15 is 0 Å². The zero-order valence-electron chi connectivity index (χ0n) is 11.2. The number of nitrogens with one attached hydrogen (secondary N) is 2. The summed E-state index contributed by atoms with van der Waals surface area (Å²) < 4.78 is 18.4. The average Bonchev–Trinajstić information content (AvgIpc) is 2.92. The third-order valence-corrected chi connectivity index (χ3v) is 3.58. The van der Waals surface area contributed by atoms with E-state index in [2.05, 4.69) is 10.6 Å². The Bertz CT molecular complexity index is 459. The molecular formula is C14H19FN2O2. The number of benzene rings is 1. The minimum absolute atomic E-state index is 0.0765. The Kier molecular flexibility index (Phi) is 4.37. The Morgan fingerprint density at radius 3 is 2.95 bits per heavy atom. The van der Waals surface area contributed by atoms with Gasteiger partial charge in [-0.15, -0.1) is 0 Å². The van der Waals surface area contributed by atoms with Crippen LogP contribution in [0.3, 0.4) is 0 Å². The maximum absolute atomic E-state index is 13.5. The number of halogens is 1. The number of carbonyl (C=O) groups excluding carboxylic acids is 1. The minimum atomic E-state index is -0.523. The molecule has 2 N–H and O–H groups in total. The summed E-state index contributed by atoms with van der Waals surface area (Å²) in [7, 11) is 1.40. The molecule has 5 heteroatoms. The fraction of sp³-hybridized carbons (Fsp3) is 0.500. The summed E-state index contributed by atoms with van der Waals surface area (Å²) in [6.45, 7) is 3.88. The molecule has 1 fully saturated rings. The summed E-state index contributed by atoms with van der Waals surface area (Å²) in [6, 6.07) is 4.31. The molecule has 1 aliphatic heterocycles. The van der Waals surface area contributed by atoms with Gasteiger partial charge in [-0.3, -0.25) is 4.79 Å². The molecule has 0 radical (unpaired) electrons. The smallest absolute Gasteiger partial charge is 0.251 e. The maximum atomic E-state index is 13.5. The summed E-state index contributed by atoms with van der Waals surface area (Å²) in [5.74, 6) is -0.192. The van der Waals surface area contributed by atoms with Gasteiger partial charge in [0.05, 0.1) is 7.11 Å². The van der Waals surface area contributed by atoms with E-state index in [1.165, 1.54) is 19.2 Å². The van der Waals surface area contributed by atoms with E-state index in [0.29, 0.717) is 11.5 Å². The largest absolute Gasteiger partial charge is 0.494 e. The predicted octanol–water partition coefficient (Wildman–Crippen LogP) is 1.56. The molecule has 0 spiro atoms. The Morgan fingerprint density at radius 2 is 2.37 bits per heavy atom.